The highest BCUT2D eigenvalue weighted by Crippen LogP contribution is 2.19. The molecule has 2 heterocycles. The lowest BCUT2D eigenvalue weighted by atomic mass is 10.0. The first-order valence-electron chi connectivity index (χ1n) is 7.16. The zero-order valence-electron chi connectivity index (χ0n) is 12.1. The average molecular weight is 280 g/mol. The molecule has 1 unspecified atom stereocenters. The van der Waals surface area contributed by atoms with Crippen LogP contribution in [-0.2, 0) is 0 Å². The lowest BCUT2D eigenvalue weighted by Crippen LogP contribution is -2.48. The summed E-state index contributed by atoms with van der Waals surface area (Å²) in [6.07, 6.45) is 3.71. The van der Waals surface area contributed by atoms with Crippen molar-refractivity contribution in [3.05, 3.63) is 21.9 Å². The minimum Gasteiger partial charge on any atom is -0.335 e. The van der Waals surface area contributed by atoms with E-state index in [4.69, 9.17) is 0 Å². The fraction of sp³-hybridized carbons (Fsp3) is 0.667. The summed E-state index contributed by atoms with van der Waals surface area (Å²) in [6, 6.07) is 0.703. The second-order valence-electron chi connectivity index (χ2n) is 5.67. The maximum atomic E-state index is 12.6. The number of thiophene rings is 1. The van der Waals surface area contributed by atoms with E-state index >= 15 is 0 Å². The van der Waals surface area contributed by atoms with Crippen LogP contribution in [0.3, 0.4) is 0 Å². The van der Waals surface area contributed by atoms with Crippen molar-refractivity contribution in [1.82, 2.24) is 10.2 Å². The molecule has 0 saturated carbocycles. The summed E-state index contributed by atoms with van der Waals surface area (Å²) >= 11 is 1.61. The number of carbonyl (C=O) groups excluding carboxylic acids is 1. The van der Waals surface area contributed by atoms with Gasteiger partial charge in [0.1, 0.15) is 0 Å². The number of nitrogens with zero attached hydrogens (tertiary/aromatic N) is 1. The van der Waals surface area contributed by atoms with Gasteiger partial charge in [0, 0.05) is 24.0 Å². The SMILES string of the molecule is Cc1cscc1C(=O)N(CC1CCCCN1)C(C)C. The van der Waals surface area contributed by atoms with Gasteiger partial charge in [0.25, 0.3) is 5.91 Å². The lowest BCUT2D eigenvalue weighted by Gasteiger charge is -2.33. The van der Waals surface area contributed by atoms with Crippen molar-refractivity contribution in [2.75, 3.05) is 13.1 Å². The Hall–Kier alpha value is -0.870. The topological polar surface area (TPSA) is 32.3 Å². The largest absolute Gasteiger partial charge is 0.335 e. The minimum absolute atomic E-state index is 0.182. The van der Waals surface area contributed by atoms with Crippen LogP contribution in [0.2, 0.25) is 0 Å². The number of piperidine rings is 1. The van der Waals surface area contributed by atoms with Crippen molar-refractivity contribution in [2.45, 2.75) is 52.1 Å². The third-order valence-corrected chi connectivity index (χ3v) is 4.66. The van der Waals surface area contributed by atoms with Gasteiger partial charge in [-0.1, -0.05) is 6.42 Å². The summed E-state index contributed by atoms with van der Waals surface area (Å²) < 4.78 is 0. The van der Waals surface area contributed by atoms with E-state index in [1.807, 2.05) is 22.6 Å². The number of rotatable bonds is 4. The van der Waals surface area contributed by atoms with Crippen molar-refractivity contribution in [3.63, 3.8) is 0 Å². The van der Waals surface area contributed by atoms with Gasteiger partial charge in [0.2, 0.25) is 0 Å². The average Bonchev–Trinajstić information content (AvgIpc) is 2.82. The Labute approximate surface area is 120 Å². The summed E-state index contributed by atoms with van der Waals surface area (Å²) in [5, 5.41) is 7.55. The summed E-state index contributed by atoms with van der Waals surface area (Å²) in [5.74, 6) is 0.182. The van der Waals surface area contributed by atoms with E-state index in [-0.39, 0.29) is 11.9 Å². The highest BCUT2D eigenvalue weighted by Gasteiger charge is 2.24. The zero-order chi connectivity index (χ0) is 13.8. The van der Waals surface area contributed by atoms with Crippen molar-refractivity contribution >= 4 is 17.2 Å². The Bertz CT molecular complexity index is 422. The Morgan fingerprint density at radius 2 is 2.26 bits per heavy atom. The molecule has 1 N–H and O–H groups in total. The quantitative estimate of drug-likeness (QED) is 0.919. The molecule has 3 nitrogen and oxygen atoms in total. The monoisotopic (exact) mass is 280 g/mol. The second-order valence-corrected chi connectivity index (χ2v) is 6.41. The molecule has 1 aliphatic rings. The van der Waals surface area contributed by atoms with Crippen LogP contribution in [0.4, 0.5) is 0 Å². The number of nitrogens with one attached hydrogen (secondary N) is 1. The van der Waals surface area contributed by atoms with Crippen molar-refractivity contribution in [3.8, 4) is 0 Å². The second kappa shape index (κ2) is 6.53. The number of aryl methyl sites for hydroxylation is 1. The normalized spacial score (nSPS) is 19.7. The molecule has 19 heavy (non-hydrogen) atoms. The molecule has 0 radical (unpaired) electrons. The molecule has 1 aromatic heterocycles. The van der Waals surface area contributed by atoms with E-state index in [2.05, 4.69) is 19.2 Å². The molecule has 1 fully saturated rings. The van der Waals surface area contributed by atoms with Gasteiger partial charge >= 0.3 is 0 Å². The van der Waals surface area contributed by atoms with Gasteiger partial charge in [-0.05, 0) is 51.1 Å². The van der Waals surface area contributed by atoms with E-state index in [0.717, 1.165) is 24.2 Å². The maximum absolute atomic E-state index is 12.6. The lowest BCUT2D eigenvalue weighted by molar-refractivity contribution is 0.0676. The van der Waals surface area contributed by atoms with Crippen LogP contribution < -0.4 is 5.32 Å². The standard InChI is InChI=1S/C15H24N2OS/c1-11(2)17(8-13-6-4-5-7-16-13)15(18)14-10-19-9-12(14)3/h9-11,13,16H,4-8H2,1-3H3. The molecule has 0 aromatic carbocycles. The van der Waals surface area contributed by atoms with Crippen LogP contribution in [0.5, 0.6) is 0 Å². The fourth-order valence-electron chi connectivity index (χ4n) is 2.58. The summed E-state index contributed by atoms with van der Waals surface area (Å²) in [4.78, 5) is 14.7. The van der Waals surface area contributed by atoms with Crippen LogP contribution in [0.1, 0.15) is 49.0 Å². The van der Waals surface area contributed by atoms with Gasteiger partial charge in [0.05, 0.1) is 5.56 Å². The van der Waals surface area contributed by atoms with Crippen molar-refractivity contribution < 1.29 is 4.79 Å². The minimum atomic E-state index is 0.182. The molecule has 0 bridgehead atoms. The Morgan fingerprint density at radius 1 is 1.47 bits per heavy atom. The maximum Gasteiger partial charge on any atom is 0.255 e. The third-order valence-electron chi connectivity index (χ3n) is 3.80. The molecule has 1 amide bonds. The van der Waals surface area contributed by atoms with Crippen molar-refractivity contribution in [1.29, 1.82) is 0 Å². The first-order valence-corrected chi connectivity index (χ1v) is 8.11. The highest BCUT2D eigenvalue weighted by molar-refractivity contribution is 7.08. The zero-order valence-corrected chi connectivity index (χ0v) is 12.9. The first-order chi connectivity index (χ1) is 9.09. The predicted molar refractivity (Wildman–Crippen MR) is 80.9 cm³/mol. The number of carbonyl (C=O) groups is 1. The van der Waals surface area contributed by atoms with E-state index in [1.165, 1.54) is 19.3 Å². The van der Waals surface area contributed by atoms with Crippen LogP contribution in [0, 0.1) is 6.92 Å². The Morgan fingerprint density at radius 3 is 2.79 bits per heavy atom. The van der Waals surface area contributed by atoms with Gasteiger partial charge in [-0.3, -0.25) is 4.79 Å². The van der Waals surface area contributed by atoms with Gasteiger partial charge in [-0.15, -0.1) is 0 Å². The number of amides is 1. The van der Waals surface area contributed by atoms with Gasteiger partial charge < -0.3 is 10.2 Å². The third kappa shape index (κ3) is 3.57. The molecule has 2 rings (SSSR count). The molecular weight excluding hydrogens is 256 g/mol. The van der Waals surface area contributed by atoms with Gasteiger partial charge in [0.15, 0.2) is 0 Å². The molecule has 106 valence electrons. The van der Waals surface area contributed by atoms with Crippen LogP contribution in [-0.4, -0.2) is 36.0 Å². The van der Waals surface area contributed by atoms with Crippen LogP contribution >= 0.6 is 11.3 Å². The van der Waals surface area contributed by atoms with Gasteiger partial charge in [-0.2, -0.15) is 11.3 Å². The van der Waals surface area contributed by atoms with Crippen LogP contribution in [0.25, 0.3) is 0 Å². The summed E-state index contributed by atoms with van der Waals surface area (Å²) in [5.41, 5.74) is 1.96. The molecule has 0 aliphatic carbocycles. The molecule has 1 saturated heterocycles. The first kappa shape index (κ1) is 14.5. The summed E-state index contributed by atoms with van der Waals surface area (Å²) in [7, 11) is 0. The van der Waals surface area contributed by atoms with E-state index < -0.39 is 0 Å². The van der Waals surface area contributed by atoms with Gasteiger partial charge in [-0.25, -0.2) is 0 Å². The number of hydrogen-bond donors (Lipinski definition) is 1. The molecule has 0 spiro atoms. The van der Waals surface area contributed by atoms with Crippen molar-refractivity contribution in [2.24, 2.45) is 0 Å². The van der Waals surface area contributed by atoms with E-state index in [1.54, 1.807) is 11.3 Å². The Kier molecular flexibility index (Phi) is 4.99. The van der Waals surface area contributed by atoms with Crippen LogP contribution in [0.15, 0.2) is 10.8 Å². The van der Waals surface area contributed by atoms with E-state index in [0.29, 0.717) is 6.04 Å². The highest BCUT2D eigenvalue weighted by atomic mass is 32.1. The molecule has 1 atom stereocenters. The fourth-order valence-corrected chi connectivity index (χ4v) is 3.40. The molecule has 1 aromatic rings. The molecule has 1 aliphatic heterocycles. The number of hydrogen-bond acceptors (Lipinski definition) is 3. The summed E-state index contributed by atoms with van der Waals surface area (Å²) in [6.45, 7) is 8.13. The Balaban J connectivity index is 2.07. The van der Waals surface area contributed by atoms with E-state index in [9.17, 15) is 4.79 Å². The predicted octanol–water partition coefficient (Wildman–Crippen LogP) is 3.05. The molecule has 4 heteroatoms. The molecular formula is C15H24N2OS. The smallest absolute Gasteiger partial charge is 0.255 e.